The first-order chi connectivity index (χ1) is 34.2. The van der Waals surface area contributed by atoms with Crippen molar-refractivity contribution >= 4 is 71.2 Å². The molecule has 2 rings (SSSR count). The minimum atomic E-state index is -1.46. The van der Waals surface area contributed by atoms with E-state index in [0.29, 0.717) is 12.8 Å². The third-order valence-corrected chi connectivity index (χ3v) is 11.1. The van der Waals surface area contributed by atoms with E-state index in [9.17, 15) is 57.5 Å². The summed E-state index contributed by atoms with van der Waals surface area (Å²) in [5.41, 5.74) is -0.938. The molecule has 0 radical (unpaired) electrons. The molecule has 1 aliphatic rings. The van der Waals surface area contributed by atoms with Crippen molar-refractivity contribution < 1.29 is 71.7 Å². The van der Waals surface area contributed by atoms with Gasteiger partial charge in [0, 0.05) is 62.9 Å². The Morgan fingerprint density at radius 2 is 0.905 bits per heavy atom. The highest BCUT2D eigenvalue weighted by Crippen LogP contribution is 2.22. The standard InChI is InChI=1S/C49H76N10O15/c1-48(2,3)73-44(68)23-34(45(69)59-22-18-21-35(59)46(70)72-32-33-19-16-15-17-20-33)50-36(60)24-51(7)37(61)25-52(8)38(62)26-53(9)39(63)27-54(10)40(64)28-55(11)41(65)29-56(12)42(66)30-57(13)43(67)31-58(14)47(71)74-49(4,5)6/h15-17,19-20,34-35H,18,21-32H2,1-14H3,(H,50,60)/t34-,35-/m0/s1. The molecule has 1 aliphatic heterocycles. The first-order valence-corrected chi connectivity index (χ1v) is 23.8. The first-order valence-electron chi connectivity index (χ1n) is 23.8. The van der Waals surface area contributed by atoms with Crippen LogP contribution in [-0.2, 0) is 73.6 Å². The summed E-state index contributed by atoms with van der Waals surface area (Å²) < 4.78 is 16.1. The molecule has 1 aromatic rings. The second-order valence-electron chi connectivity index (χ2n) is 20.3. The molecule has 0 saturated carbocycles. The number of amides is 10. The Morgan fingerprint density at radius 1 is 0.541 bits per heavy atom. The van der Waals surface area contributed by atoms with Gasteiger partial charge in [-0.25, -0.2) is 9.59 Å². The van der Waals surface area contributed by atoms with Gasteiger partial charge in [0.25, 0.3) is 0 Å². The lowest BCUT2D eigenvalue weighted by atomic mass is 10.1. The maximum Gasteiger partial charge on any atom is 0.410 e. The number of carbonyl (C=O) groups excluding carboxylic acids is 12. The van der Waals surface area contributed by atoms with Crippen LogP contribution in [0.3, 0.4) is 0 Å². The van der Waals surface area contributed by atoms with E-state index in [2.05, 4.69) is 5.32 Å². The second kappa shape index (κ2) is 28.2. The molecular weight excluding hydrogens is 969 g/mol. The van der Waals surface area contributed by atoms with Gasteiger partial charge in [-0.15, -0.1) is 0 Å². The van der Waals surface area contributed by atoms with Gasteiger partial charge in [0.15, 0.2) is 0 Å². The molecule has 0 spiro atoms. The number of hydrogen-bond donors (Lipinski definition) is 1. The molecule has 25 heteroatoms. The summed E-state index contributed by atoms with van der Waals surface area (Å²) in [6.45, 7) is 6.33. The van der Waals surface area contributed by atoms with Gasteiger partial charge in [-0.2, -0.15) is 0 Å². The average molecular weight is 1050 g/mol. The summed E-state index contributed by atoms with van der Waals surface area (Å²) in [7, 11) is 10.6. The van der Waals surface area contributed by atoms with Crippen molar-refractivity contribution in [2.75, 3.05) is 115 Å². The van der Waals surface area contributed by atoms with Crippen molar-refractivity contribution in [1.82, 2.24) is 49.4 Å². The zero-order valence-corrected chi connectivity index (χ0v) is 45.4. The van der Waals surface area contributed by atoms with E-state index in [1.54, 1.807) is 65.8 Å². The largest absolute Gasteiger partial charge is 0.460 e. The van der Waals surface area contributed by atoms with Gasteiger partial charge in [-0.3, -0.25) is 47.9 Å². The monoisotopic (exact) mass is 1040 g/mol. The highest BCUT2D eigenvalue weighted by atomic mass is 16.6. The summed E-state index contributed by atoms with van der Waals surface area (Å²) in [6, 6.07) is 6.55. The van der Waals surface area contributed by atoms with Crippen LogP contribution in [0.4, 0.5) is 4.79 Å². The van der Waals surface area contributed by atoms with Crippen LogP contribution in [0, 0.1) is 0 Å². The number of carbonyl (C=O) groups is 12. The van der Waals surface area contributed by atoms with Crippen LogP contribution in [0.5, 0.6) is 0 Å². The number of likely N-dealkylation sites (tertiary alicyclic amines) is 1. The summed E-state index contributed by atoms with van der Waals surface area (Å²) in [5.74, 6) is -7.39. The molecule has 1 fully saturated rings. The van der Waals surface area contributed by atoms with Crippen LogP contribution in [0.25, 0.3) is 0 Å². The Morgan fingerprint density at radius 3 is 1.28 bits per heavy atom. The molecule has 74 heavy (non-hydrogen) atoms. The molecule has 412 valence electrons. The van der Waals surface area contributed by atoms with E-state index < -0.39 is 147 Å². The number of nitrogens with zero attached hydrogens (tertiary/aromatic N) is 9. The van der Waals surface area contributed by atoms with Crippen LogP contribution in [0.1, 0.15) is 66.4 Å². The number of esters is 2. The van der Waals surface area contributed by atoms with Crippen LogP contribution in [0.15, 0.2) is 30.3 Å². The second-order valence-corrected chi connectivity index (χ2v) is 20.3. The Kier molecular flexibility index (Phi) is 23.9. The molecule has 0 bridgehead atoms. The smallest absolute Gasteiger partial charge is 0.410 e. The molecular formula is C49H76N10O15. The predicted molar refractivity (Wildman–Crippen MR) is 266 cm³/mol. The van der Waals surface area contributed by atoms with Crippen LogP contribution in [-0.4, -0.2) is 254 Å². The van der Waals surface area contributed by atoms with Gasteiger partial charge in [-0.1, -0.05) is 30.3 Å². The molecule has 10 amide bonds. The molecule has 1 saturated heterocycles. The lowest BCUT2D eigenvalue weighted by molar-refractivity contribution is -0.159. The normalized spacial score (nSPS) is 13.5. The fourth-order valence-electron chi connectivity index (χ4n) is 6.79. The fraction of sp³-hybridized carbons (Fsp3) is 0.633. The Hall–Kier alpha value is -7.34. The maximum absolute atomic E-state index is 13.9. The van der Waals surface area contributed by atoms with E-state index in [0.717, 1.165) is 44.8 Å². The van der Waals surface area contributed by atoms with E-state index in [4.69, 9.17) is 14.2 Å². The van der Waals surface area contributed by atoms with Gasteiger partial charge >= 0.3 is 18.0 Å². The number of rotatable bonds is 23. The topological polar surface area (TPSA) is 274 Å². The lowest BCUT2D eigenvalue weighted by Gasteiger charge is -2.29. The Labute approximate surface area is 433 Å². The van der Waals surface area contributed by atoms with Crippen LogP contribution in [0.2, 0.25) is 0 Å². The quantitative estimate of drug-likeness (QED) is 0.102. The summed E-state index contributed by atoms with van der Waals surface area (Å²) >= 11 is 0. The molecule has 25 nitrogen and oxygen atoms in total. The number of hydrogen-bond acceptors (Lipinski definition) is 15. The molecule has 1 aromatic carbocycles. The zero-order chi connectivity index (χ0) is 56.4. The van der Waals surface area contributed by atoms with E-state index in [1.807, 2.05) is 6.07 Å². The van der Waals surface area contributed by atoms with E-state index in [-0.39, 0.29) is 19.7 Å². The highest BCUT2D eigenvalue weighted by Gasteiger charge is 2.40. The lowest BCUT2D eigenvalue weighted by Crippen LogP contribution is -2.54. The third kappa shape index (κ3) is 21.8. The maximum atomic E-state index is 13.9. The third-order valence-electron chi connectivity index (χ3n) is 11.1. The van der Waals surface area contributed by atoms with Gasteiger partial charge in [0.2, 0.25) is 53.2 Å². The van der Waals surface area contributed by atoms with Crippen molar-refractivity contribution in [2.45, 2.75) is 90.7 Å². The Bertz CT molecular complexity index is 2210. The predicted octanol–water partition coefficient (Wildman–Crippen LogP) is -0.987. The number of ether oxygens (including phenoxy) is 3. The minimum Gasteiger partial charge on any atom is -0.460 e. The summed E-state index contributed by atoms with van der Waals surface area (Å²) in [4.78, 5) is 166. The number of benzene rings is 1. The number of nitrogens with one attached hydrogen (secondary N) is 1. The Balaban J connectivity index is 1.90. The molecule has 0 aliphatic carbocycles. The fourth-order valence-corrected chi connectivity index (χ4v) is 6.79. The van der Waals surface area contributed by atoms with Crippen molar-refractivity contribution in [3.63, 3.8) is 0 Å². The molecule has 0 aromatic heterocycles. The van der Waals surface area contributed by atoms with Crippen molar-refractivity contribution in [3.8, 4) is 0 Å². The van der Waals surface area contributed by atoms with Crippen molar-refractivity contribution in [2.24, 2.45) is 0 Å². The van der Waals surface area contributed by atoms with Gasteiger partial charge in [-0.05, 0) is 59.9 Å². The molecule has 2 atom stereocenters. The highest BCUT2D eigenvalue weighted by molar-refractivity contribution is 5.96. The molecule has 1 N–H and O–H groups in total. The molecule has 0 unspecified atom stereocenters. The van der Waals surface area contributed by atoms with Crippen LogP contribution >= 0.6 is 0 Å². The van der Waals surface area contributed by atoms with Gasteiger partial charge < -0.3 is 63.6 Å². The van der Waals surface area contributed by atoms with Gasteiger partial charge in [0.05, 0.1) is 52.2 Å². The van der Waals surface area contributed by atoms with E-state index >= 15 is 0 Å². The van der Waals surface area contributed by atoms with Gasteiger partial charge in [0.1, 0.15) is 36.4 Å². The first kappa shape index (κ1) is 62.8. The zero-order valence-electron chi connectivity index (χ0n) is 45.4. The molecule has 1 heterocycles. The SMILES string of the molecule is CN(CC(=O)N[C@@H](CC(=O)OC(C)(C)C)C(=O)N1CCC[C@H]1C(=O)OCc1ccccc1)C(=O)CN(C)C(=O)CN(C)C(=O)CN(C)C(=O)CN(C)C(=O)CN(C)C(=O)CN(C)C(=O)CN(C)C(=O)OC(C)(C)C. The number of likely N-dealkylation sites (N-methyl/N-ethyl adjacent to an activating group) is 8. The van der Waals surface area contributed by atoms with E-state index in [1.165, 1.54) is 61.3 Å². The van der Waals surface area contributed by atoms with Crippen molar-refractivity contribution in [3.05, 3.63) is 35.9 Å². The van der Waals surface area contributed by atoms with Crippen molar-refractivity contribution in [1.29, 1.82) is 0 Å². The van der Waals surface area contributed by atoms with Crippen LogP contribution < -0.4 is 5.32 Å². The summed E-state index contributed by atoms with van der Waals surface area (Å²) in [6.07, 6.45) is -0.519. The minimum absolute atomic E-state index is 0.0153. The average Bonchev–Trinajstić information content (AvgIpc) is 3.79. The summed E-state index contributed by atoms with van der Waals surface area (Å²) in [5, 5.41) is 2.51.